The summed E-state index contributed by atoms with van der Waals surface area (Å²) in [6.07, 6.45) is 3.77. The molecule has 1 aromatic rings. The number of nitrogens with one attached hydrogen (secondary N) is 1. The van der Waals surface area contributed by atoms with E-state index in [9.17, 15) is 0 Å². The minimum atomic E-state index is 0.586. The summed E-state index contributed by atoms with van der Waals surface area (Å²) in [6.45, 7) is 6.89. The van der Waals surface area contributed by atoms with Crippen LogP contribution in [0.15, 0.2) is 18.2 Å². The van der Waals surface area contributed by atoms with Crippen LogP contribution in [0.5, 0.6) is 5.75 Å². The van der Waals surface area contributed by atoms with Gasteiger partial charge in [-0.3, -0.25) is 4.90 Å². The Labute approximate surface area is 122 Å². The molecule has 3 heteroatoms. The molecule has 2 aliphatic rings. The maximum Gasteiger partial charge on any atom is 0.119 e. The van der Waals surface area contributed by atoms with E-state index in [4.69, 9.17) is 4.74 Å². The van der Waals surface area contributed by atoms with Crippen LogP contribution in [0.4, 0.5) is 0 Å². The third-order valence-corrected chi connectivity index (χ3v) is 4.66. The molecule has 1 heterocycles. The lowest BCUT2D eigenvalue weighted by molar-refractivity contribution is 0.111. The highest BCUT2D eigenvalue weighted by Gasteiger charge is 2.30. The first-order valence-corrected chi connectivity index (χ1v) is 7.84. The predicted octanol–water partition coefficient (Wildman–Crippen LogP) is 2.75. The smallest absolute Gasteiger partial charge is 0.119 e. The van der Waals surface area contributed by atoms with Crippen molar-refractivity contribution in [1.29, 1.82) is 0 Å². The Balaban J connectivity index is 1.85. The molecule has 1 aliphatic carbocycles. The van der Waals surface area contributed by atoms with E-state index >= 15 is 0 Å². The van der Waals surface area contributed by atoms with Gasteiger partial charge in [0.1, 0.15) is 5.75 Å². The predicted molar refractivity (Wildman–Crippen MR) is 82.3 cm³/mol. The fourth-order valence-corrected chi connectivity index (χ4v) is 3.89. The number of aryl methyl sites for hydroxylation is 1. The van der Waals surface area contributed by atoms with Crippen LogP contribution in [0.1, 0.15) is 43.9 Å². The summed E-state index contributed by atoms with van der Waals surface area (Å²) < 4.78 is 5.37. The molecule has 3 unspecified atom stereocenters. The van der Waals surface area contributed by atoms with Gasteiger partial charge in [0.25, 0.3) is 0 Å². The molecule has 110 valence electrons. The van der Waals surface area contributed by atoms with Gasteiger partial charge in [-0.15, -0.1) is 0 Å². The van der Waals surface area contributed by atoms with Gasteiger partial charge in [-0.1, -0.05) is 6.07 Å². The maximum atomic E-state index is 5.37. The molecule has 0 spiro atoms. The molecule has 1 saturated heterocycles. The summed E-state index contributed by atoms with van der Waals surface area (Å²) >= 11 is 0. The molecule has 0 saturated carbocycles. The maximum absolute atomic E-state index is 5.37. The van der Waals surface area contributed by atoms with Crippen molar-refractivity contribution >= 4 is 0 Å². The Morgan fingerprint density at radius 1 is 1.20 bits per heavy atom. The molecular weight excluding hydrogens is 248 g/mol. The molecule has 3 rings (SSSR count). The minimum absolute atomic E-state index is 0.586. The molecular formula is C17H26N2O. The fraction of sp³-hybridized carbons (Fsp3) is 0.647. The quantitative estimate of drug-likeness (QED) is 0.897. The van der Waals surface area contributed by atoms with Gasteiger partial charge in [-0.2, -0.15) is 0 Å². The number of fused-ring (bicyclic) bond motifs is 1. The lowest BCUT2D eigenvalue weighted by atomic mass is 9.86. The SMILES string of the molecule is COc1ccc2c(c1)CCCC2N1CC(C)NC(C)C1. The van der Waals surface area contributed by atoms with E-state index in [1.165, 1.54) is 30.4 Å². The minimum Gasteiger partial charge on any atom is -0.497 e. The Morgan fingerprint density at radius 2 is 1.95 bits per heavy atom. The molecule has 3 atom stereocenters. The molecule has 1 aromatic carbocycles. The first-order chi connectivity index (χ1) is 9.67. The molecule has 0 radical (unpaired) electrons. The first-order valence-electron chi connectivity index (χ1n) is 7.84. The Bertz CT molecular complexity index is 464. The standard InChI is InChI=1S/C17H26N2O/c1-12-10-19(11-13(2)18-12)17-6-4-5-14-9-15(20-3)7-8-16(14)17/h7-9,12-13,17-18H,4-6,10-11H2,1-3H3. The monoisotopic (exact) mass is 274 g/mol. The summed E-state index contributed by atoms with van der Waals surface area (Å²) in [5.74, 6) is 0.992. The van der Waals surface area contributed by atoms with E-state index in [1.54, 1.807) is 7.11 Å². The molecule has 1 N–H and O–H groups in total. The van der Waals surface area contributed by atoms with Crippen molar-refractivity contribution in [3.05, 3.63) is 29.3 Å². The van der Waals surface area contributed by atoms with Gasteiger partial charge >= 0.3 is 0 Å². The Kier molecular flexibility index (Phi) is 3.99. The topological polar surface area (TPSA) is 24.5 Å². The van der Waals surface area contributed by atoms with E-state index < -0.39 is 0 Å². The van der Waals surface area contributed by atoms with Crippen molar-refractivity contribution in [3.8, 4) is 5.75 Å². The Hall–Kier alpha value is -1.06. The molecule has 0 amide bonds. The zero-order chi connectivity index (χ0) is 14.1. The van der Waals surface area contributed by atoms with Crippen LogP contribution in [-0.2, 0) is 6.42 Å². The van der Waals surface area contributed by atoms with Crippen molar-refractivity contribution < 1.29 is 4.74 Å². The average molecular weight is 274 g/mol. The summed E-state index contributed by atoms with van der Waals surface area (Å²) in [5, 5.41) is 3.63. The summed E-state index contributed by atoms with van der Waals surface area (Å²) in [4.78, 5) is 2.68. The van der Waals surface area contributed by atoms with Gasteiger partial charge < -0.3 is 10.1 Å². The number of ether oxygens (including phenoxy) is 1. The van der Waals surface area contributed by atoms with Crippen LogP contribution in [-0.4, -0.2) is 37.2 Å². The normalized spacial score (nSPS) is 30.9. The highest BCUT2D eigenvalue weighted by molar-refractivity contribution is 5.39. The second kappa shape index (κ2) is 5.74. The van der Waals surface area contributed by atoms with Crippen LogP contribution in [0.2, 0.25) is 0 Å². The highest BCUT2D eigenvalue weighted by Crippen LogP contribution is 2.36. The average Bonchev–Trinajstić information content (AvgIpc) is 2.45. The van der Waals surface area contributed by atoms with Gasteiger partial charge in [-0.05, 0) is 56.4 Å². The molecule has 0 bridgehead atoms. The van der Waals surface area contributed by atoms with Crippen LogP contribution < -0.4 is 10.1 Å². The van der Waals surface area contributed by atoms with Gasteiger partial charge in [0.15, 0.2) is 0 Å². The highest BCUT2D eigenvalue weighted by atomic mass is 16.5. The fourth-order valence-electron chi connectivity index (χ4n) is 3.89. The van der Waals surface area contributed by atoms with Crippen molar-refractivity contribution in [2.75, 3.05) is 20.2 Å². The van der Waals surface area contributed by atoms with E-state index in [2.05, 4.69) is 42.3 Å². The van der Waals surface area contributed by atoms with Crippen LogP contribution in [0, 0.1) is 0 Å². The number of hydrogen-bond acceptors (Lipinski definition) is 3. The van der Waals surface area contributed by atoms with Gasteiger partial charge in [-0.25, -0.2) is 0 Å². The third-order valence-electron chi connectivity index (χ3n) is 4.66. The number of nitrogens with zero attached hydrogens (tertiary/aromatic N) is 1. The molecule has 3 nitrogen and oxygen atoms in total. The van der Waals surface area contributed by atoms with Crippen LogP contribution in [0.3, 0.4) is 0 Å². The van der Waals surface area contributed by atoms with E-state index in [-0.39, 0.29) is 0 Å². The number of hydrogen-bond donors (Lipinski definition) is 1. The van der Waals surface area contributed by atoms with Crippen LogP contribution >= 0.6 is 0 Å². The molecule has 1 fully saturated rings. The third kappa shape index (κ3) is 2.70. The molecule has 20 heavy (non-hydrogen) atoms. The first kappa shape index (κ1) is 13.9. The number of rotatable bonds is 2. The summed E-state index contributed by atoms with van der Waals surface area (Å²) in [5.41, 5.74) is 3.01. The van der Waals surface area contributed by atoms with Crippen LogP contribution in [0.25, 0.3) is 0 Å². The largest absolute Gasteiger partial charge is 0.497 e. The van der Waals surface area contributed by atoms with Crippen molar-refractivity contribution in [1.82, 2.24) is 10.2 Å². The Morgan fingerprint density at radius 3 is 2.65 bits per heavy atom. The molecule has 0 aromatic heterocycles. The van der Waals surface area contributed by atoms with Gasteiger partial charge in [0.2, 0.25) is 0 Å². The lowest BCUT2D eigenvalue weighted by Gasteiger charge is -2.43. The number of benzene rings is 1. The summed E-state index contributed by atoms with van der Waals surface area (Å²) in [7, 11) is 1.75. The van der Waals surface area contributed by atoms with Crippen molar-refractivity contribution in [2.45, 2.75) is 51.2 Å². The number of piperazine rings is 1. The number of methoxy groups -OCH3 is 1. The van der Waals surface area contributed by atoms with Crippen molar-refractivity contribution in [3.63, 3.8) is 0 Å². The lowest BCUT2D eigenvalue weighted by Crippen LogP contribution is -2.55. The summed E-state index contributed by atoms with van der Waals surface area (Å²) in [6, 6.07) is 8.40. The second-order valence-electron chi connectivity index (χ2n) is 6.40. The van der Waals surface area contributed by atoms with Gasteiger partial charge in [0, 0.05) is 31.2 Å². The zero-order valence-electron chi connectivity index (χ0n) is 12.9. The van der Waals surface area contributed by atoms with E-state index in [0.717, 1.165) is 18.8 Å². The van der Waals surface area contributed by atoms with Crippen molar-refractivity contribution in [2.24, 2.45) is 0 Å². The van der Waals surface area contributed by atoms with Gasteiger partial charge in [0.05, 0.1) is 7.11 Å². The molecule has 1 aliphatic heterocycles. The second-order valence-corrected chi connectivity index (χ2v) is 6.40. The van der Waals surface area contributed by atoms with E-state index in [1.807, 2.05) is 0 Å². The zero-order valence-corrected chi connectivity index (χ0v) is 12.9. The van der Waals surface area contributed by atoms with E-state index in [0.29, 0.717) is 18.1 Å².